The number of urea groups is 1. The van der Waals surface area contributed by atoms with E-state index in [1.54, 1.807) is 27.7 Å². The first-order valence-corrected chi connectivity index (χ1v) is 6.89. The van der Waals surface area contributed by atoms with E-state index in [0.29, 0.717) is 0 Å². The second-order valence-corrected chi connectivity index (χ2v) is 6.02. The van der Waals surface area contributed by atoms with Crippen LogP contribution < -0.4 is 16.0 Å². The number of rotatable bonds is 4. The van der Waals surface area contributed by atoms with Crippen molar-refractivity contribution in [1.82, 2.24) is 16.0 Å². The van der Waals surface area contributed by atoms with Crippen LogP contribution in [0.4, 0.5) is 13.6 Å². The average molecular weight is 313 g/mol. The molecule has 0 aromatic heterocycles. The summed E-state index contributed by atoms with van der Waals surface area (Å²) >= 11 is 0. The zero-order valence-electron chi connectivity index (χ0n) is 13.1. The summed E-state index contributed by atoms with van der Waals surface area (Å²) in [5.41, 5.74) is -0.212. The standard InChI is InChI=1S/C15H21F2N3O2/c1-9(11-6-5-10(16)7-12(11)17)18-8-13(21)19-14(22)20-15(2,3)4/h5-7,9,18H,8H2,1-4H3,(H2,19,20,21,22)/t9-/m0/s1. The van der Waals surface area contributed by atoms with E-state index >= 15 is 0 Å². The van der Waals surface area contributed by atoms with E-state index in [0.717, 1.165) is 12.1 Å². The van der Waals surface area contributed by atoms with Gasteiger partial charge < -0.3 is 10.6 Å². The predicted octanol–water partition coefficient (Wildman–Crippen LogP) is 2.24. The summed E-state index contributed by atoms with van der Waals surface area (Å²) in [6.45, 7) is 6.83. The molecule has 3 amide bonds. The number of amides is 3. The minimum absolute atomic E-state index is 0.171. The van der Waals surface area contributed by atoms with Crippen LogP contribution in [0.2, 0.25) is 0 Å². The van der Waals surface area contributed by atoms with E-state index in [1.165, 1.54) is 6.07 Å². The van der Waals surface area contributed by atoms with Crippen molar-refractivity contribution in [2.24, 2.45) is 0 Å². The first-order valence-electron chi connectivity index (χ1n) is 6.89. The second kappa shape index (κ2) is 7.31. The number of carbonyl (C=O) groups excluding carboxylic acids is 2. The van der Waals surface area contributed by atoms with Crippen molar-refractivity contribution in [2.45, 2.75) is 39.3 Å². The van der Waals surface area contributed by atoms with Crippen LogP contribution in [-0.2, 0) is 4.79 Å². The Hall–Kier alpha value is -2.02. The highest BCUT2D eigenvalue weighted by molar-refractivity contribution is 5.95. The minimum atomic E-state index is -0.689. The van der Waals surface area contributed by atoms with Gasteiger partial charge in [-0.25, -0.2) is 13.6 Å². The maximum absolute atomic E-state index is 13.6. The molecule has 7 heteroatoms. The zero-order valence-corrected chi connectivity index (χ0v) is 13.1. The molecule has 122 valence electrons. The molecule has 0 heterocycles. The van der Waals surface area contributed by atoms with Crippen molar-refractivity contribution in [1.29, 1.82) is 0 Å². The van der Waals surface area contributed by atoms with Gasteiger partial charge in [-0.2, -0.15) is 0 Å². The SMILES string of the molecule is C[C@H](NCC(=O)NC(=O)NC(C)(C)C)c1ccc(F)cc1F. The molecule has 0 radical (unpaired) electrons. The summed E-state index contributed by atoms with van der Waals surface area (Å²) in [5.74, 6) is -1.90. The van der Waals surface area contributed by atoms with Crippen molar-refractivity contribution in [3.05, 3.63) is 35.4 Å². The van der Waals surface area contributed by atoms with Gasteiger partial charge in [-0.15, -0.1) is 0 Å². The highest BCUT2D eigenvalue weighted by atomic mass is 19.1. The number of benzene rings is 1. The van der Waals surface area contributed by atoms with Gasteiger partial charge in [0.2, 0.25) is 5.91 Å². The van der Waals surface area contributed by atoms with Crippen LogP contribution >= 0.6 is 0 Å². The molecule has 0 spiro atoms. The summed E-state index contributed by atoms with van der Waals surface area (Å²) in [5, 5.41) is 7.52. The first kappa shape index (κ1) is 18.0. The Morgan fingerprint density at radius 3 is 2.41 bits per heavy atom. The summed E-state index contributed by atoms with van der Waals surface area (Å²) in [6.07, 6.45) is 0. The van der Waals surface area contributed by atoms with E-state index in [1.807, 2.05) is 0 Å². The number of hydrogen-bond acceptors (Lipinski definition) is 3. The van der Waals surface area contributed by atoms with Gasteiger partial charge in [0.25, 0.3) is 0 Å². The Labute approximate surface area is 128 Å². The normalized spacial score (nSPS) is 12.6. The molecule has 1 aromatic carbocycles. The van der Waals surface area contributed by atoms with Crippen LogP contribution in [0.3, 0.4) is 0 Å². The van der Waals surface area contributed by atoms with Crippen molar-refractivity contribution < 1.29 is 18.4 Å². The number of halogens is 2. The van der Waals surface area contributed by atoms with Crippen molar-refractivity contribution in [3.8, 4) is 0 Å². The van der Waals surface area contributed by atoms with E-state index in [2.05, 4.69) is 16.0 Å². The van der Waals surface area contributed by atoms with Gasteiger partial charge in [0.15, 0.2) is 0 Å². The summed E-state index contributed by atoms with van der Waals surface area (Å²) in [7, 11) is 0. The van der Waals surface area contributed by atoms with Gasteiger partial charge >= 0.3 is 6.03 Å². The second-order valence-electron chi connectivity index (χ2n) is 6.02. The smallest absolute Gasteiger partial charge is 0.321 e. The Morgan fingerprint density at radius 2 is 1.86 bits per heavy atom. The average Bonchev–Trinajstić information content (AvgIpc) is 2.33. The zero-order chi connectivity index (χ0) is 16.9. The van der Waals surface area contributed by atoms with Gasteiger partial charge in [0.1, 0.15) is 11.6 Å². The van der Waals surface area contributed by atoms with Crippen LogP contribution in [-0.4, -0.2) is 24.0 Å². The minimum Gasteiger partial charge on any atom is -0.333 e. The lowest BCUT2D eigenvalue weighted by Crippen LogP contribution is -2.50. The van der Waals surface area contributed by atoms with Gasteiger partial charge in [0.05, 0.1) is 6.54 Å². The lowest BCUT2D eigenvalue weighted by Gasteiger charge is -2.20. The number of nitrogens with one attached hydrogen (secondary N) is 3. The van der Waals surface area contributed by atoms with Crippen LogP contribution in [0, 0.1) is 11.6 Å². The Balaban J connectivity index is 2.48. The van der Waals surface area contributed by atoms with E-state index < -0.39 is 35.2 Å². The molecule has 1 aromatic rings. The van der Waals surface area contributed by atoms with Gasteiger partial charge in [0, 0.05) is 23.2 Å². The van der Waals surface area contributed by atoms with Gasteiger partial charge in [-0.05, 0) is 33.8 Å². The Morgan fingerprint density at radius 1 is 1.23 bits per heavy atom. The molecule has 0 aliphatic heterocycles. The number of carbonyl (C=O) groups is 2. The van der Waals surface area contributed by atoms with Crippen LogP contribution in [0.15, 0.2) is 18.2 Å². The Kier molecular flexibility index (Phi) is 5.99. The van der Waals surface area contributed by atoms with Crippen LogP contribution in [0.1, 0.15) is 39.3 Å². The number of hydrogen-bond donors (Lipinski definition) is 3. The molecule has 0 bridgehead atoms. The fraction of sp³-hybridized carbons (Fsp3) is 0.467. The molecule has 0 saturated carbocycles. The molecule has 0 aliphatic rings. The third-order valence-electron chi connectivity index (χ3n) is 2.74. The van der Waals surface area contributed by atoms with Crippen LogP contribution in [0.25, 0.3) is 0 Å². The number of imide groups is 1. The largest absolute Gasteiger partial charge is 0.333 e. The van der Waals surface area contributed by atoms with Gasteiger partial charge in [-0.3, -0.25) is 10.1 Å². The molecule has 22 heavy (non-hydrogen) atoms. The van der Waals surface area contributed by atoms with Gasteiger partial charge in [-0.1, -0.05) is 6.07 Å². The van der Waals surface area contributed by atoms with Crippen LogP contribution in [0.5, 0.6) is 0 Å². The molecule has 5 nitrogen and oxygen atoms in total. The summed E-state index contributed by atoms with van der Waals surface area (Å²) < 4.78 is 26.4. The maximum Gasteiger partial charge on any atom is 0.321 e. The van der Waals surface area contributed by atoms with E-state index in [4.69, 9.17) is 0 Å². The predicted molar refractivity (Wildman–Crippen MR) is 79.2 cm³/mol. The fourth-order valence-electron chi connectivity index (χ4n) is 1.75. The van der Waals surface area contributed by atoms with Crippen molar-refractivity contribution in [3.63, 3.8) is 0 Å². The lowest BCUT2D eigenvalue weighted by atomic mass is 10.1. The third kappa shape index (κ3) is 6.17. The maximum atomic E-state index is 13.6. The van der Waals surface area contributed by atoms with E-state index in [-0.39, 0.29) is 12.1 Å². The Bertz CT molecular complexity index is 556. The monoisotopic (exact) mass is 313 g/mol. The molecule has 0 saturated heterocycles. The van der Waals surface area contributed by atoms with E-state index in [9.17, 15) is 18.4 Å². The summed E-state index contributed by atoms with van der Waals surface area (Å²) in [6, 6.07) is 2.14. The third-order valence-corrected chi connectivity index (χ3v) is 2.74. The topological polar surface area (TPSA) is 70.2 Å². The lowest BCUT2D eigenvalue weighted by molar-refractivity contribution is -0.119. The fourth-order valence-corrected chi connectivity index (χ4v) is 1.75. The first-order chi connectivity index (χ1) is 10.1. The molecule has 0 fully saturated rings. The molecule has 1 atom stereocenters. The molecular weight excluding hydrogens is 292 g/mol. The van der Waals surface area contributed by atoms with Crippen molar-refractivity contribution >= 4 is 11.9 Å². The molecule has 0 unspecified atom stereocenters. The summed E-state index contributed by atoms with van der Waals surface area (Å²) in [4.78, 5) is 23.1. The molecule has 0 aliphatic carbocycles. The molecular formula is C15H21F2N3O2. The quantitative estimate of drug-likeness (QED) is 0.798. The highest BCUT2D eigenvalue weighted by Gasteiger charge is 2.17. The molecule has 1 rings (SSSR count). The highest BCUT2D eigenvalue weighted by Crippen LogP contribution is 2.17. The molecule has 3 N–H and O–H groups in total. The van der Waals surface area contributed by atoms with Crippen molar-refractivity contribution in [2.75, 3.05) is 6.54 Å².